The Hall–Kier alpha value is 0.0187. The van der Waals surface area contributed by atoms with Gasteiger partial charge in [-0.25, -0.2) is 0 Å². The van der Waals surface area contributed by atoms with Crippen molar-refractivity contribution in [1.29, 1.82) is 0 Å². The van der Waals surface area contributed by atoms with Gasteiger partial charge in [-0.1, -0.05) is 0 Å². The van der Waals surface area contributed by atoms with E-state index in [9.17, 15) is 0 Å². The first-order valence-electron chi connectivity index (χ1n) is 4.77. The number of hydrogen-bond donors (Lipinski definition) is 0. The molecule has 0 fully saturated rings. The Morgan fingerprint density at radius 2 is 1.62 bits per heavy atom. The van der Waals surface area contributed by atoms with Crippen molar-refractivity contribution in [3.63, 3.8) is 0 Å². The van der Waals surface area contributed by atoms with Crippen LogP contribution in [0, 0.1) is 20.8 Å². The van der Waals surface area contributed by atoms with E-state index in [-0.39, 0.29) is 0 Å². The van der Waals surface area contributed by atoms with Gasteiger partial charge in [0, 0.05) is 0 Å². The summed E-state index contributed by atoms with van der Waals surface area (Å²) < 4.78 is 1.53. The number of rotatable bonds is 1. The Kier molecular flexibility index (Phi) is 3.44. The Labute approximate surface area is 94.8 Å². The van der Waals surface area contributed by atoms with E-state index in [1.807, 2.05) is 0 Å². The molecule has 0 nitrogen and oxygen atoms in total. The van der Waals surface area contributed by atoms with Crippen LogP contribution in [-0.4, -0.2) is 22.5 Å². The summed E-state index contributed by atoms with van der Waals surface area (Å²) in [4.78, 5) is 0. The van der Waals surface area contributed by atoms with Crippen molar-refractivity contribution in [3.8, 4) is 0 Å². The molecular weight excluding hydrogens is 263 g/mol. The SMILES string of the molecule is Cc1c[c]([Sn])c(C(C)C)c(C)c1C. The summed E-state index contributed by atoms with van der Waals surface area (Å²) in [6, 6.07) is 2.34. The second-order valence-corrected chi connectivity index (χ2v) is 5.60. The summed E-state index contributed by atoms with van der Waals surface area (Å²) in [5.41, 5.74) is 5.98. The van der Waals surface area contributed by atoms with Gasteiger partial charge in [0.25, 0.3) is 0 Å². The summed E-state index contributed by atoms with van der Waals surface area (Å²) in [5.74, 6) is 0.661. The first-order chi connectivity index (χ1) is 5.95. The Bertz CT molecular complexity index is 324. The van der Waals surface area contributed by atoms with Crippen LogP contribution in [0.3, 0.4) is 0 Å². The van der Waals surface area contributed by atoms with E-state index in [0.717, 1.165) is 0 Å². The maximum atomic E-state index is 2.34. The van der Waals surface area contributed by atoms with Crippen molar-refractivity contribution < 1.29 is 0 Å². The fraction of sp³-hybridized carbons (Fsp3) is 0.500. The third-order valence-corrected chi connectivity index (χ3v) is 3.97. The van der Waals surface area contributed by atoms with Crippen LogP contribution in [0.2, 0.25) is 0 Å². The molecule has 3 radical (unpaired) electrons. The van der Waals surface area contributed by atoms with Crippen LogP contribution in [0.4, 0.5) is 0 Å². The van der Waals surface area contributed by atoms with Crippen molar-refractivity contribution in [2.75, 3.05) is 0 Å². The monoisotopic (exact) mass is 281 g/mol. The number of hydrogen-bond acceptors (Lipinski definition) is 0. The van der Waals surface area contributed by atoms with E-state index in [0.29, 0.717) is 5.92 Å². The van der Waals surface area contributed by atoms with Crippen molar-refractivity contribution in [1.82, 2.24) is 0 Å². The van der Waals surface area contributed by atoms with E-state index in [1.165, 1.54) is 42.8 Å². The molecule has 0 atom stereocenters. The predicted molar refractivity (Wildman–Crippen MR) is 60.1 cm³/mol. The molecule has 69 valence electrons. The first kappa shape index (κ1) is 11.1. The van der Waals surface area contributed by atoms with Crippen molar-refractivity contribution >= 4 is 26.1 Å². The van der Waals surface area contributed by atoms with Gasteiger partial charge in [0.05, 0.1) is 0 Å². The summed E-state index contributed by atoms with van der Waals surface area (Å²) >= 11 is 1.54. The molecule has 0 saturated carbocycles. The third kappa shape index (κ3) is 2.09. The zero-order valence-corrected chi connectivity index (χ0v) is 12.0. The van der Waals surface area contributed by atoms with Crippen LogP contribution in [0.25, 0.3) is 0 Å². The van der Waals surface area contributed by atoms with Crippen LogP contribution in [0.5, 0.6) is 0 Å². The normalized spacial score (nSPS) is 11.0. The van der Waals surface area contributed by atoms with E-state index in [4.69, 9.17) is 0 Å². The maximum absolute atomic E-state index is 2.34. The van der Waals surface area contributed by atoms with E-state index < -0.39 is 0 Å². The van der Waals surface area contributed by atoms with Crippen LogP contribution in [-0.2, 0) is 0 Å². The molecule has 0 heterocycles. The Morgan fingerprint density at radius 3 is 2.08 bits per heavy atom. The van der Waals surface area contributed by atoms with E-state index in [2.05, 4.69) is 40.7 Å². The molecule has 0 N–H and O–H groups in total. The fourth-order valence-corrected chi connectivity index (χ4v) is 3.82. The Balaban J connectivity index is 3.44. The molecule has 0 aliphatic carbocycles. The van der Waals surface area contributed by atoms with Crippen molar-refractivity contribution in [2.24, 2.45) is 0 Å². The van der Waals surface area contributed by atoms with Gasteiger partial charge in [0.15, 0.2) is 0 Å². The van der Waals surface area contributed by atoms with Gasteiger partial charge in [-0.05, 0) is 0 Å². The first-order valence-corrected chi connectivity index (χ1v) is 6.20. The molecule has 0 bridgehead atoms. The quantitative estimate of drug-likeness (QED) is 0.693. The van der Waals surface area contributed by atoms with Crippen LogP contribution >= 0.6 is 0 Å². The molecule has 0 aromatic heterocycles. The molecule has 0 amide bonds. The Morgan fingerprint density at radius 1 is 1.08 bits per heavy atom. The number of aryl methyl sites for hydroxylation is 1. The molecule has 13 heavy (non-hydrogen) atoms. The van der Waals surface area contributed by atoms with Gasteiger partial charge in [-0.15, -0.1) is 0 Å². The van der Waals surface area contributed by atoms with Crippen LogP contribution in [0.15, 0.2) is 6.07 Å². The second kappa shape index (κ2) is 4.03. The predicted octanol–water partition coefficient (Wildman–Crippen LogP) is 2.53. The summed E-state index contributed by atoms with van der Waals surface area (Å²) in [6.07, 6.45) is 0. The van der Waals surface area contributed by atoms with E-state index in [1.54, 1.807) is 5.56 Å². The van der Waals surface area contributed by atoms with Gasteiger partial charge < -0.3 is 0 Å². The van der Waals surface area contributed by atoms with E-state index >= 15 is 0 Å². The zero-order chi connectivity index (χ0) is 10.2. The molecule has 1 rings (SSSR count). The molecular formula is C12H17Sn. The fourth-order valence-electron chi connectivity index (χ4n) is 1.85. The summed E-state index contributed by atoms with van der Waals surface area (Å²) in [7, 11) is 0. The average molecular weight is 280 g/mol. The number of benzene rings is 1. The second-order valence-electron chi connectivity index (χ2n) is 4.06. The molecule has 0 aliphatic rings. The molecule has 0 spiro atoms. The molecule has 0 aliphatic heterocycles. The van der Waals surface area contributed by atoms with Gasteiger partial charge in [-0.3, -0.25) is 0 Å². The summed E-state index contributed by atoms with van der Waals surface area (Å²) in [5, 5.41) is 0. The molecule has 1 heteroatoms. The van der Waals surface area contributed by atoms with Crippen LogP contribution in [0.1, 0.15) is 42.0 Å². The van der Waals surface area contributed by atoms with Gasteiger partial charge >= 0.3 is 95.0 Å². The molecule has 1 aromatic carbocycles. The third-order valence-electron chi connectivity index (χ3n) is 2.79. The molecule has 0 unspecified atom stereocenters. The molecule has 0 saturated heterocycles. The van der Waals surface area contributed by atoms with Crippen LogP contribution < -0.4 is 3.58 Å². The minimum atomic E-state index is 0.661. The topological polar surface area (TPSA) is 0 Å². The molecule has 1 aromatic rings. The average Bonchev–Trinajstić information content (AvgIpc) is 1.99. The summed E-state index contributed by atoms with van der Waals surface area (Å²) in [6.45, 7) is 11.3. The standard InChI is InChI=1S/C12H17.Sn/c1-8(2)12-7-6-9(3)10(4)11(12)5;/h6,8H,1-5H3;. The van der Waals surface area contributed by atoms with Crippen molar-refractivity contribution in [2.45, 2.75) is 40.5 Å². The van der Waals surface area contributed by atoms with Gasteiger partial charge in [-0.2, -0.15) is 0 Å². The minimum absolute atomic E-state index is 0.661. The van der Waals surface area contributed by atoms with Gasteiger partial charge in [0.2, 0.25) is 0 Å². The van der Waals surface area contributed by atoms with Gasteiger partial charge in [0.1, 0.15) is 0 Å². The zero-order valence-electron chi connectivity index (χ0n) is 9.15. The van der Waals surface area contributed by atoms with Crippen molar-refractivity contribution in [3.05, 3.63) is 28.3 Å².